The number of nitrogens with one attached hydrogen (secondary N) is 2. The standard InChI is InChI=1S/C15H20FN3O3S.ClH/c16-12-3-1-5-14(7-12)23(21,22)18-13-4-2-6-19(10-13)15(20)11-8-17-9-11;/h1,3,5,7,11,13,17-18H,2,4,6,8-10H2;1H. The van der Waals surface area contributed by atoms with Gasteiger partial charge >= 0.3 is 0 Å². The van der Waals surface area contributed by atoms with Gasteiger partial charge in [-0.2, -0.15) is 0 Å². The third-order valence-corrected chi connectivity index (χ3v) is 5.81. The number of carbonyl (C=O) groups is 1. The van der Waals surface area contributed by atoms with Gasteiger partial charge < -0.3 is 10.2 Å². The van der Waals surface area contributed by atoms with Crippen molar-refractivity contribution in [2.24, 2.45) is 5.92 Å². The van der Waals surface area contributed by atoms with E-state index in [2.05, 4.69) is 10.0 Å². The SMILES string of the molecule is Cl.O=C(C1CNC1)N1CCCC(NS(=O)(=O)c2cccc(F)c2)C1. The Balaban J connectivity index is 0.00000208. The zero-order valence-electron chi connectivity index (χ0n) is 13.1. The fraction of sp³-hybridized carbons (Fsp3) is 0.533. The molecule has 134 valence electrons. The summed E-state index contributed by atoms with van der Waals surface area (Å²) in [6.45, 7) is 2.40. The Labute approximate surface area is 147 Å². The average molecular weight is 378 g/mol. The Morgan fingerprint density at radius 3 is 2.71 bits per heavy atom. The average Bonchev–Trinajstić information content (AvgIpc) is 2.45. The van der Waals surface area contributed by atoms with Crippen molar-refractivity contribution < 1.29 is 17.6 Å². The van der Waals surface area contributed by atoms with Crippen LogP contribution in [0.5, 0.6) is 0 Å². The molecule has 0 aliphatic carbocycles. The molecule has 1 aromatic carbocycles. The van der Waals surface area contributed by atoms with E-state index in [0.717, 1.165) is 12.5 Å². The number of hydrogen-bond donors (Lipinski definition) is 2. The third-order valence-electron chi connectivity index (χ3n) is 4.29. The number of likely N-dealkylation sites (tertiary alicyclic amines) is 1. The lowest BCUT2D eigenvalue weighted by Gasteiger charge is -2.37. The summed E-state index contributed by atoms with van der Waals surface area (Å²) in [4.78, 5) is 13.9. The summed E-state index contributed by atoms with van der Waals surface area (Å²) >= 11 is 0. The van der Waals surface area contributed by atoms with E-state index >= 15 is 0 Å². The molecular formula is C15H21ClFN3O3S. The Kier molecular flexibility index (Phi) is 6.19. The van der Waals surface area contributed by atoms with Gasteiger partial charge in [-0.05, 0) is 31.0 Å². The smallest absolute Gasteiger partial charge is 0.240 e. The second-order valence-electron chi connectivity index (χ2n) is 6.06. The lowest BCUT2D eigenvalue weighted by molar-refractivity contribution is -0.138. The molecule has 2 N–H and O–H groups in total. The number of halogens is 2. The second kappa shape index (κ2) is 7.77. The number of sulfonamides is 1. The highest BCUT2D eigenvalue weighted by Gasteiger charge is 2.33. The normalized spacial score (nSPS) is 21.7. The van der Waals surface area contributed by atoms with Crippen LogP contribution in [0, 0.1) is 11.7 Å². The van der Waals surface area contributed by atoms with Gasteiger partial charge in [0.15, 0.2) is 0 Å². The maximum atomic E-state index is 13.2. The van der Waals surface area contributed by atoms with Gasteiger partial charge in [-0.1, -0.05) is 6.07 Å². The fourth-order valence-corrected chi connectivity index (χ4v) is 4.21. The van der Waals surface area contributed by atoms with E-state index in [1.165, 1.54) is 18.2 Å². The van der Waals surface area contributed by atoms with Crippen molar-refractivity contribution in [3.63, 3.8) is 0 Å². The molecule has 0 radical (unpaired) electrons. The zero-order chi connectivity index (χ0) is 16.4. The summed E-state index contributed by atoms with van der Waals surface area (Å²) in [6, 6.07) is 4.58. The molecule has 9 heteroatoms. The highest BCUT2D eigenvalue weighted by molar-refractivity contribution is 7.89. The molecule has 1 aromatic rings. The predicted octanol–water partition coefficient (Wildman–Crippen LogP) is 0.736. The minimum absolute atomic E-state index is 0. The number of benzene rings is 1. The van der Waals surface area contributed by atoms with Crippen LogP contribution >= 0.6 is 12.4 Å². The highest BCUT2D eigenvalue weighted by Crippen LogP contribution is 2.18. The monoisotopic (exact) mass is 377 g/mol. The lowest BCUT2D eigenvalue weighted by atomic mass is 9.99. The number of hydrogen-bond acceptors (Lipinski definition) is 4. The number of nitrogens with zero attached hydrogens (tertiary/aromatic N) is 1. The molecule has 1 atom stereocenters. The molecule has 0 spiro atoms. The largest absolute Gasteiger partial charge is 0.341 e. The quantitative estimate of drug-likeness (QED) is 0.811. The van der Waals surface area contributed by atoms with Crippen molar-refractivity contribution in [1.29, 1.82) is 0 Å². The molecule has 3 rings (SSSR count). The van der Waals surface area contributed by atoms with Crippen LogP contribution in [0.2, 0.25) is 0 Å². The Bertz CT molecular complexity index is 697. The van der Waals surface area contributed by atoms with E-state index in [9.17, 15) is 17.6 Å². The van der Waals surface area contributed by atoms with Gasteiger partial charge in [0.2, 0.25) is 15.9 Å². The van der Waals surface area contributed by atoms with Gasteiger partial charge in [0, 0.05) is 32.2 Å². The Morgan fingerprint density at radius 1 is 1.33 bits per heavy atom. The lowest BCUT2D eigenvalue weighted by Crippen LogP contribution is -2.56. The molecule has 2 aliphatic rings. The van der Waals surface area contributed by atoms with Crippen molar-refractivity contribution in [3.05, 3.63) is 30.1 Å². The summed E-state index contributed by atoms with van der Waals surface area (Å²) in [5.41, 5.74) is 0. The summed E-state index contributed by atoms with van der Waals surface area (Å²) < 4.78 is 40.5. The number of rotatable bonds is 4. The van der Waals surface area contributed by atoms with Crippen molar-refractivity contribution in [2.45, 2.75) is 23.8 Å². The van der Waals surface area contributed by atoms with Crippen LogP contribution < -0.4 is 10.0 Å². The van der Waals surface area contributed by atoms with Gasteiger partial charge in [0.1, 0.15) is 5.82 Å². The minimum atomic E-state index is -3.78. The third kappa shape index (κ3) is 4.24. The summed E-state index contributed by atoms with van der Waals surface area (Å²) in [5.74, 6) is -0.502. The van der Waals surface area contributed by atoms with Crippen molar-refractivity contribution >= 4 is 28.3 Å². The van der Waals surface area contributed by atoms with Crippen molar-refractivity contribution in [1.82, 2.24) is 14.9 Å². The summed E-state index contributed by atoms with van der Waals surface area (Å²) in [7, 11) is -3.78. The van der Waals surface area contributed by atoms with Crippen LogP contribution in [-0.2, 0) is 14.8 Å². The molecule has 24 heavy (non-hydrogen) atoms. The summed E-state index contributed by atoms with van der Waals surface area (Å²) in [6.07, 6.45) is 1.42. The molecule has 1 unspecified atom stereocenters. The van der Waals surface area contributed by atoms with Gasteiger partial charge in [0.25, 0.3) is 0 Å². The van der Waals surface area contributed by atoms with Gasteiger partial charge in [0.05, 0.1) is 10.8 Å². The fourth-order valence-electron chi connectivity index (χ4n) is 2.92. The van der Waals surface area contributed by atoms with E-state index in [1.54, 1.807) is 4.90 Å². The molecular weight excluding hydrogens is 357 g/mol. The van der Waals surface area contributed by atoms with Gasteiger partial charge in [-0.3, -0.25) is 4.79 Å². The van der Waals surface area contributed by atoms with Crippen LogP contribution in [0.15, 0.2) is 29.2 Å². The Hall–Kier alpha value is -1.22. The number of carbonyl (C=O) groups excluding carboxylic acids is 1. The maximum Gasteiger partial charge on any atom is 0.240 e. The first-order valence-electron chi connectivity index (χ1n) is 7.73. The first-order chi connectivity index (χ1) is 11.0. The summed E-state index contributed by atoms with van der Waals surface area (Å²) in [5, 5.41) is 3.06. The van der Waals surface area contributed by atoms with Crippen LogP contribution in [0.25, 0.3) is 0 Å². The van der Waals surface area contributed by atoms with Crippen LogP contribution in [0.4, 0.5) is 4.39 Å². The molecule has 6 nitrogen and oxygen atoms in total. The molecule has 0 saturated carbocycles. The van der Waals surface area contributed by atoms with Crippen LogP contribution in [-0.4, -0.2) is 51.4 Å². The number of piperidine rings is 1. The van der Waals surface area contributed by atoms with E-state index in [1.807, 2.05) is 0 Å². The van der Waals surface area contributed by atoms with Gasteiger partial charge in [-0.25, -0.2) is 17.5 Å². The van der Waals surface area contributed by atoms with E-state index in [0.29, 0.717) is 32.6 Å². The molecule has 1 amide bonds. The first kappa shape index (κ1) is 19.1. The Morgan fingerprint density at radius 2 is 2.08 bits per heavy atom. The van der Waals surface area contributed by atoms with E-state index in [4.69, 9.17) is 0 Å². The zero-order valence-corrected chi connectivity index (χ0v) is 14.7. The predicted molar refractivity (Wildman–Crippen MR) is 89.9 cm³/mol. The molecule has 2 fully saturated rings. The van der Waals surface area contributed by atoms with Crippen molar-refractivity contribution in [2.75, 3.05) is 26.2 Å². The second-order valence-corrected chi connectivity index (χ2v) is 7.77. The molecule has 0 bridgehead atoms. The van der Waals surface area contributed by atoms with Crippen molar-refractivity contribution in [3.8, 4) is 0 Å². The molecule has 0 aromatic heterocycles. The highest BCUT2D eigenvalue weighted by atomic mass is 35.5. The molecule has 2 saturated heterocycles. The molecule has 2 aliphatic heterocycles. The topological polar surface area (TPSA) is 78.5 Å². The minimum Gasteiger partial charge on any atom is -0.341 e. The van der Waals surface area contributed by atoms with Crippen LogP contribution in [0.1, 0.15) is 12.8 Å². The maximum absolute atomic E-state index is 13.2. The first-order valence-corrected chi connectivity index (χ1v) is 9.21. The van der Waals surface area contributed by atoms with E-state index < -0.39 is 15.8 Å². The van der Waals surface area contributed by atoms with Crippen LogP contribution in [0.3, 0.4) is 0 Å². The van der Waals surface area contributed by atoms with Gasteiger partial charge in [-0.15, -0.1) is 12.4 Å². The number of amides is 1. The molecule has 2 heterocycles. The van der Waals surface area contributed by atoms with E-state index in [-0.39, 0.29) is 35.2 Å².